The molecule has 0 amide bonds. The molecule has 0 aliphatic heterocycles. The molecule has 0 N–H and O–H groups in total. The Morgan fingerprint density at radius 1 is 0.971 bits per heavy atom. The molecule has 0 radical (unpaired) electrons. The van der Waals surface area contributed by atoms with Gasteiger partial charge in [0.15, 0.2) is 0 Å². The van der Waals surface area contributed by atoms with E-state index >= 15 is 0 Å². The van der Waals surface area contributed by atoms with Crippen molar-refractivity contribution >= 4 is 5.97 Å². The Bertz CT molecular complexity index is 1100. The zero-order valence-electron chi connectivity index (χ0n) is 19.6. The number of esters is 1. The zero-order valence-corrected chi connectivity index (χ0v) is 19.6. The summed E-state index contributed by atoms with van der Waals surface area (Å²) in [7, 11) is 1.34. The van der Waals surface area contributed by atoms with Crippen molar-refractivity contribution in [1.29, 1.82) is 0 Å². The minimum absolute atomic E-state index is 0.226. The number of hydrogen-bond donors (Lipinski definition) is 0. The Labute approximate surface area is 203 Å². The van der Waals surface area contributed by atoms with E-state index in [-0.39, 0.29) is 6.10 Å². The molecule has 1 fully saturated rings. The molecule has 7 heteroatoms. The van der Waals surface area contributed by atoms with Crippen LogP contribution in [0.5, 0.6) is 5.75 Å². The predicted octanol–water partition coefficient (Wildman–Crippen LogP) is 7.64. The molecular formula is C28H28F3NO3. The quantitative estimate of drug-likeness (QED) is 0.324. The van der Waals surface area contributed by atoms with Crippen LogP contribution in [0.15, 0.2) is 66.9 Å². The maximum Gasteiger partial charge on any atom is 0.416 e. The number of alkyl halides is 3. The van der Waals surface area contributed by atoms with Crippen LogP contribution in [-0.4, -0.2) is 18.1 Å². The highest BCUT2D eigenvalue weighted by molar-refractivity contribution is 5.89. The van der Waals surface area contributed by atoms with Gasteiger partial charge in [-0.15, -0.1) is 0 Å². The number of nitrogens with zero attached hydrogens (tertiary/aromatic N) is 1. The predicted molar refractivity (Wildman–Crippen MR) is 127 cm³/mol. The molecular weight excluding hydrogens is 455 g/mol. The number of halogens is 3. The number of aromatic nitrogens is 1. The number of carbonyl (C=O) groups excluding carboxylic acids is 1. The molecule has 3 aromatic rings. The van der Waals surface area contributed by atoms with Crippen molar-refractivity contribution in [3.8, 4) is 17.0 Å². The van der Waals surface area contributed by atoms with E-state index < -0.39 is 17.7 Å². The standard InChI is InChI=1S/C28H28F3NO3/c1-34-27(33)21-9-14-24(15-10-21)35-26(17-19-5-3-2-4-6-19)22-11-16-25(32-18-22)20-7-12-23(13-8-20)28(29,30)31/h7-16,18-19,26H,2-6,17H2,1H3. The Hall–Kier alpha value is -3.35. The van der Waals surface area contributed by atoms with Gasteiger partial charge in [-0.2, -0.15) is 13.2 Å². The Morgan fingerprint density at radius 2 is 1.66 bits per heavy atom. The number of benzene rings is 2. The van der Waals surface area contributed by atoms with Crippen LogP contribution in [0.2, 0.25) is 0 Å². The van der Waals surface area contributed by atoms with E-state index in [1.54, 1.807) is 30.5 Å². The summed E-state index contributed by atoms with van der Waals surface area (Å²) in [4.78, 5) is 16.2. The van der Waals surface area contributed by atoms with Crippen LogP contribution in [0.4, 0.5) is 13.2 Å². The molecule has 4 rings (SSSR count). The van der Waals surface area contributed by atoms with Crippen LogP contribution >= 0.6 is 0 Å². The smallest absolute Gasteiger partial charge is 0.416 e. The highest BCUT2D eigenvalue weighted by Gasteiger charge is 2.30. The lowest BCUT2D eigenvalue weighted by molar-refractivity contribution is -0.137. The molecule has 1 heterocycles. The van der Waals surface area contributed by atoms with Gasteiger partial charge in [0.2, 0.25) is 0 Å². The van der Waals surface area contributed by atoms with Gasteiger partial charge >= 0.3 is 12.1 Å². The molecule has 2 aromatic carbocycles. The maximum atomic E-state index is 12.9. The van der Waals surface area contributed by atoms with Crippen LogP contribution in [0.25, 0.3) is 11.3 Å². The summed E-state index contributed by atoms with van der Waals surface area (Å²) in [6.07, 6.45) is 4.03. The highest BCUT2D eigenvalue weighted by Crippen LogP contribution is 2.35. The number of rotatable bonds is 7. The first-order valence-electron chi connectivity index (χ1n) is 11.8. The minimum Gasteiger partial charge on any atom is -0.486 e. The largest absolute Gasteiger partial charge is 0.486 e. The van der Waals surface area contributed by atoms with Gasteiger partial charge in [-0.05, 0) is 54.8 Å². The summed E-state index contributed by atoms with van der Waals surface area (Å²) >= 11 is 0. The Morgan fingerprint density at radius 3 is 2.23 bits per heavy atom. The van der Waals surface area contributed by atoms with Gasteiger partial charge in [0.05, 0.1) is 23.9 Å². The number of carbonyl (C=O) groups is 1. The van der Waals surface area contributed by atoms with Crippen molar-refractivity contribution in [3.63, 3.8) is 0 Å². The van der Waals surface area contributed by atoms with Crippen molar-refractivity contribution in [2.24, 2.45) is 5.92 Å². The van der Waals surface area contributed by atoms with E-state index in [4.69, 9.17) is 9.47 Å². The summed E-state index contributed by atoms with van der Waals surface area (Å²) < 4.78 is 49.7. The van der Waals surface area contributed by atoms with Crippen LogP contribution in [-0.2, 0) is 10.9 Å². The minimum atomic E-state index is -4.37. The molecule has 0 spiro atoms. The van der Waals surface area contributed by atoms with Crippen LogP contribution in [0.3, 0.4) is 0 Å². The second-order valence-electron chi connectivity index (χ2n) is 8.91. The average molecular weight is 484 g/mol. The molecule has 184 valence electrons. The summed E-state index contributed by atoms with van der Waals surface area (Å²) in [5, 5.41) is 0. The van der Waals surface area contributed by atoms with Gasteiger partial charge in [-0.3, -0.25) is 4.98 Å². The molecule has 0 bridgehead atoms. The van der Waals surface area contributed by atoms with E-state index in [2.05, 4.69) is 4.98 Å². The number of ether oxygens (including phenoxy) is 2. The van der Waals surface area contributed by atoms with Gasteiger partial charge < -0.3 is 9.47 Å². The topological polar surface area (TPSA) is 48.4 Å². The average Bonchev–Trinajstić information content (AvgIpc) is 2.88. The third-order valence-electron chi connectivity index (χ3n) is 6.49. The highest BCUT2D eigenvalue weighted by atomic mass is 19.4. The van der Waals surface area contributed by atoms with E-state index in [1.807, 2.05) is 12.1 Å². The van der Waals surface area contributed by atoms with Crippen molar-refractivity contribution in [2.45, 2.75) is 50.8 Å². The summed E-state index contributed by atoms with van der Waals surface area (Å²) in [6.45, 7) is 0. The van der Waals surface area contributed by atoms with E-state index in [9.17, 15) is 18.0 Å². The van der Waals surface area contributed by atoms with Crippen molar-refractivity contribution in [3.05, 3.63) is 83.6 Å². The lowest BCUT2D eigenvalue weighted by atomic mass is 9.84. The van der Waals surface area contributed by atoms with Gasteiger partial charge in [-0.25, -0.2) is 4.79 Å². The monoisotopic (exact) mass is 483 g/mol. The lowest BCUT2D eigenvalue weighted by Gasteiger charge is -2.27. The number of methoxy groups -OCH3 is 1. The summed E-state index contributed by atoms with van der Waals surface area (Å²) in [5.41, 5.74) is 1.89. The summed E-state index contributed by atoms with van der Waals surface area (Å²) in [5.74, 6) is 0.793. The van der Waals surface area contributed by atoms with E-state index in [0.29, 0.717) is 28.5 Å². The lowest BCUT2D eigenvalue weighted by Crippen LogP contribution is -2.16. The molecule has 1 aromatic heterocycles. The van der Waals surface area contributed by atoms with Gasteiger partial charge in [0.25, 0.3) is 0 Å². The Kier molecular flexibility index (Phi) is 7.73. The SMILES string of the molecule is COC(=O)c1ccc(OC(CC2CCCCC2)c2ccc(-c3ccc(C(F)(F)F)cc3)nc2)cc1. The first-order valence-corrected chi connectivity index (χ1v) is 11.8. The molecule has 1 atom stereocenters. The number of pyridine rings is 1. The van der Waals surface area contributed by atoms with Crippen LogP contribution in [0.1, 0.15) is 66.1 Å². The fourth-order valence-corrected chi connectivity index (χ4v) is 4.53. The van der Waals surface area contributed by atoms with Crippen molar-refractivity contribution in [2.75, 3.05) is 7.11 Å². The first-order chi connectivity index (χ1) is 16.8. The number of hydrogen-bond acceptors (Lipinski definition) is 4. The Balaban J connectivity index is 1.53. The maximum absolute atomic E-state index is 12.9. The normalized spacial score (nSPS) is 15.4. The molecule has 1 unspecified atom stereocenters. The van der Waals surface area contributed by atoms with Gasteiger partial charge in [0, 0.05) is 17.3 Å². The van der Waals surface area contributed by atoms with Crippen LogP contribution in [0, 0.1) is 5.92 Å². The van der Waals surface area contributed by atoms with E-state index in [1.165, 1.54) is 38.5 Å². The fraction of sp³-hybridized carbons (Fsp3) is 0.357. The molecule has 4 nitrogen and oxygen atoms in total. The van der Waals surface area contributed by atoms with Crippen molar-refractivity contribution in [1.82, 2.24) is 4.98 Å². The third kappa shape index (κ3) is 6.41. The molecule has 1 aliphatic carbocycles. The second kappa shape index (κ2) is 10.9. The molecule has 0 saturated heterocycles. The van der Waals surface area contributed by atoms with E-state index in [0.717, 1.165) is 37.0 Å². The molecule has 1 saturated carbocycles. The molecule has 35 heavy (non-hydrogen) atoms. The fourth-order valence-electron chi connectivity index (χ4n) is 4.53. The van der Waals surface area contributed by atoms with Gasteiger partial charge in [-0.1, -0.05) is 50.3 Å². The first kappa shape index (κ1) is 24.8. The summed E-state index contributed by atoms with van der Waals surface area (Å²) in [6, 6.07) is 15.6. The molecule has 1 aliphatic rings. The zero-order chi connectivity index (χ0) is 24.8. The second-order valence-corrected chi connectivity index (χ2v) is 8.91. The third-order valence-corrected chi connectivity index (χ3v) is 6.49. The van der Waals surface area contributed by atoms with Crippen molar-refractivity contribution < 1.29 is 27.4 Å². The van der Waals surface area contributed by atoms with Gasteiger partial charge in [0.1, 0.15) is 11.9 Å². The van der Waals surface area contributed by atoms with Crippen LogP contribution < -0.4 is 4.74 Å².